The fourth-order valence-corrected chi connectivity index (χ4v) is 3.65. The van der Waals surface area contributed by atoms with Crippen molar-refractivity contribution >= 4 is 5.91 Å². The number of nitrogens with one attached hydrogen (secondary N) is 1. The van der Waals surface area contributed by atoms with Crippen molar-refractivity contribution in [2.75, 3.05) is 26.2 Å². The molecule has 0 spiro atoms. The summed E-state index contributed by atoms with van der Waals surface area (Å²) in [6.07, 6.45) is 4.57. The first-order valence-electron chi connectivity index (χ1n) is 10.5. The highest BCUT2D eigenvalue weighted by atomic mass is 16.5. The lowest BCUT2D eigenvalue weighted by molar-refractivity contribution is 0.0937. The lowest BCUT2D eigenvalue weighted by Crippen LogP contribution is -2.36. The average molecular weight is 381 g/mol. The zero-order valence-corrected chi connectivity index (χ0v) is 17.1. The number of amides is 1. The van der Waals surface area contributed by atoms with Gasteiger partial charge < -0.3 is 10.1 Å². The molecule has 1 atom stereocenters. The number of carbonyl (C=O) groups is 1. The zero-order chi connectivity index (χ0) is 19.8. The lowest BCUT2D eigenvalue weighted by Gasteiger charge is -2.28. The number of ether oxygens (including phenoxy) is 1. The molecule has 4 heteroatoms. The summed E-state index contributed by atoms with van der Waals surface area (Å²) in [6.45, 7) is 7.73. The van der Waals surface area contributed by atoms with Crippen molar-refractivity contribution in [2.45, 2.75) is 45.6 Å². The Morgan fingerprint density at radius 1 is 1.14 bits per heavy atom. The van der Waals surface area contributed by atoms with Crippen LogP contribution in [0.2, 0.25) is 0 Å². The third-order valence-corrected chi connectivity index (χ3v) is 5.36. The first kappa shape index (κ1) is 20.4. The molecule has 0 bridgehead atoms. The molecule has 150 valence electrons. The molecule has 0 aliphatic carbocycles. The Bertz CT molecular complexity index is 751. The number of carbonyl (C=O) groups excluding carboxylic acids is 1. The van der Waals surface area contributed by atoms with Gasteiger partial charge in [0.1, 0.15) is 5.75 Å². The van der Waals surface area contributed by atoms with Gasteiger partial charge in [0.15, 0.2) is 0 Å². The molecule has 1 heterocycles. The summed E-state index contributed by atoms with van der Waals surface area (Å²) in [5.41, 5.74) is 3.18. The van der Waals surface area contributed by atoms with Gasteiger partial charge in [0.05, 0.1) is 12.6 Å². The van der Waals surface area contributed by atoms with Crippen LogP contribution in [0.1, 0.15) is 60.1 Å². The summed E-state index contributed by atoms with van der Waals surface area (Å²) < 4.78 is 5.74. The lowest BCUT2D eigenvalue weighted by atomic mass is 10.0. The van der Waals surface area contributed by atoms with Crippen molar-refractivity contribution in [3.63, 3.8) is 0 Å². The number of likely N-dealkylation sites (tertiary alicyclic amines) is 1. The Balaban J connectivity index is 1.64. The van der Waals surface area contributed by atoms with Crippen LogP contribution >= 0.6 is 0 Å². The van der Waals surface area contributed by atoms with E-state index < -0.39 is 0 Å². The highest BCUT2D eigenvalue weighted by molar-refractivity contribution is 5.94. The molecule has 0 unspecified atom stereocenters. The maximum Gasteiger partial charge on any atom is 0.251 e. The maximum atomic E-state index is 12.7. The molecule has 1 N–H and O–H groups in total. The molecule has 2 aromatic carbocycles. The van der Waals surface area contributed by atoms with Gasteiger partial charge in [0.25, 0.3) is 5.91 Å². The van der Waals surface area contributed by atoms with Crippen molar-refractivity contribution in [1.82, 2.24) is 10.2 Å². The fraction of sp³-hybridized carbons (Fsp3) is 0.458. The molecule has 0 radical (unpaired) electrons. The first-order chi connectivity index (χ1) is 13.7. The quantitative estimate of drug-likeness (QED) is 0.639. The molecule has 1 aliphatic rings. The first-order valence-corrected chi connectivity index (χ1v) is 10.5. The Morgan fingerprint density at radius 3 is 2.61 bits per heavy atom. The second-order valence-corrected chi connectivity index (χ2v) is 7.61. The van der Waals surface area contributed by atoms with Crippen LogP contribution < -0.4 is 10.1 Å². The predicted molar refractivity (Wildman–Crippen MR) is 114 cm³/mol. The zero-order valence-electron chi connectivity index (χ0n) is 17.1. The largest absolute Gasteiger partial charge is 0.494 e. The smallest absolute Gasteiger partial charge is 0.251 e. The van der Waals surface area contributed by atoms with Crippen molar-refractivity contribution in [3.05, 3.63) is 65.2 Å². The van der Waals surface area contributed by atoms with Crippen molar-refractivity contribution in [1.29, 1.82) is 0 Å². The molecule has 0 aromatic heterocycles. The Hall–Kier alpha value is -2.33. The van der Waals surface area contributed by atoms with Crippen molar-refractivity contribution < 1.29 is 9.53 Å². The number of hydrogen-bond donors (Lipinski definition) is 1. The SMILES string of the molecule is CCCCOc1cccc(C(=O)NC[C@@H](c2ccc(C)cc2)N2CCCC2)c1. The predicted octanol–water partition coefficient (Wildman–Crippen LogP) is 4.74. The highest BCUT2D eigenvalue weighted by Crippen LogP contribution is 2.25. The second kappa shape index (κ2) is 10.3. The van der Waals surface area contributed by atoms with Crippen LogP contribution in [-0.2, 0) is 0 Å². The van der Waals surface area contributed by atoms with E-state index in [0.29, 0.717) is 18.7 Å². The van der Waals surface area contributed by atoms with E-state index in [4.69, 9.17) is 4.74 Å². The minimum Gasteiger partial charge on any atom is -0.494 e. The fourth-order valence-electron chi connectivity index (χ4n) is 3.65. The van der Waals surface area contributed by atoms with E-state index in [1.54, 1.807) is 0 Å². The van der Waals surface area contributed by atoms with E-state index in [1.165, 1.54) is 24.0 Å². The molecular formula is C24H32N2O2. The summed E-state index contributed by atoms with van der Waals surface area (Å²) in [7, 11) is 0. The maximum absolute atomic E-state index is 12.7. The third-order valence-electron chi connectivity index (χ3n) is 5.36. The van der Waals surface area contributed by atoms with Crippen LogP contribution in [0, 0.1) is 6.92 Å². The molecule has 2 aromatic rings. The third kappa shape index (κ3) is 5.59. The minimum absolute atomic E-state index is 0.0442. The van der Waals surface area contributed by atoms with Crippen LogP contribution in [0.5, 0.6) is 5.75 Å². The van der Waals surface area contributed by atoms with Gasteiger partial charge in [-0.1, -0.05) is 49.2 Å². The number of unbranched alkanes of at least 4 members (excludes halogenated alkanes) is 1. The number of aryl methyl sites for hydroxylation is 1. The molecular weight excluding hydrogens is 348 g/mol. The van der Waals surface area contributed by atoms with E-state index in [1.807, 2.05) is 24.3 Å². The van der Waals surface area contributed by atoms with Crippen LogP contribution in [0.15, 0.2) is 48.5 Å². The molecule has 1 amide bonds. The van der Waals surface area contributed by atoms with Gasteiger partial charge in [0.2, 0.25) is 0 Å². The molecule has 1 fully saturated rings. The van der Waals surface area contributed by atoms with E-state index in [-0.39, 0.29) is 11.9 Å². The molecule has 3 rings (SSSR count). The molecule has 28 heavy (non-hydrogen) atoms. The van der Waals surface area contributed by atoms with Crippen LogP contribution in [0.3, 0.4) is 0 Å². The molecule has 1 saturated heterocycles. The van der Waals surface area contributed by atoms with E-state index in [0.717, 1.165) is 31.7 Å². The average Bonchev–Trinajstić information content (AvgIpc) is 3.24. The number of rotatable bonds is 9. The topological polar surface area (TPSA) is 41.6 Å². The highest BCUT2D eigenvalue weighted by Gasteiger charge is 2.24. The molecule has 0 saturated carbocycles. The summed E-state index contributed by atoms with van der Waals surface area (Å²) in [4.78, 5) is 15.2. The minimum atomic E-state index is -0.0442. The standard InChI is InChI=1S/C24H32N2O2/c1-3-4-16-28-22-9-7-8-21(17-22)24(27)25-18-23(26-14-5-6-15-26)20-12-10-19(2)11-13-20/h7-13,17,23H,3-6,14-16,18H2,1-2H3,(H,25,27)/t23-/m0/s1. The Morgan fingerprint density at radius 2 is 1.89 bits per heavy atom. The van der Waals surface area contributed by atoms with Gasteiger partial charge in [-0.25, -0.2) is 0 Å². The van der Waals surface area contributed by atoms with Gasteiger partial charge in [-0.2, -0.15) is 0 Å². The summed E-state index contributed by atoms with van der Waals surface area (Å²) >= 11 is 0. The van der Waals surface area contributed by atoms with E-state index >= 15 is 0 Å². The van der Waals surface area contributed by atoms with E-state index in [9.17, 15) is 4.79 Å². The second-order valence-electron chi connectivity index (χ2n) is 7.61. The number of benzene rings is 2. The van der Waals surface area contributed by atoms with Crippen LogP contribution in [0.4, 0.5) is 0 Å². The number of hydrogen-bond acceptors (Lipinski definition) is 3. The van der Waals surface area contributed by atoms with Crippen molar-refractivity contribution in [2.24, 2.45) is 0 Å². The monoisotopic (exact) mass is 380 g/mol. The molecule has 1 aliphatic heterocycles. The van der Waals surface area contributed by atoms with Gasteiger partial charge >= 0.3 is 0 Å². The van der Waals surface area contributed by atoms with Gasteiger partial charge in [-0.05, 0) is 63.0 Å². The Labute approximate surface area is 168 Å². The summed E-state index contributed by atoms with van der Waals surface area (Å²) in [5, 5.41) is 3.15. The van der Waals surface area contributed by atoms with E-state index in [2.05, 4.69) is 48.3 Å². The number of nitrogens with zero attached hydrogens (tertiary/aromatic N) is 1. The van der Waals surface area contributed by atoms with Gasteiger partial charge in [-0.3, -0.25) is 9.69 Å². The van der Waals surface area contributed by atoms with Crippen LogP contribution in [-0.4, -0.2) is 37.0 Å². The summed E-state index contributed by atoms with van der Waals surface area (Å²) in [6, 6.07) is 16.4. The van der Waals surface area contributed by atoms with Crippen LogP contribution in [0.25, 0.3) is 0 Å². The Kier molecular flexibility index (Phi) is 7.49. The van der Waals surface area contributed by atoms with Crippen molar-refractivity contribution in [3.8, 4) is 5.75 Å². The van der Waals surface area contributed by atoms with Gasteiger partial charge in [0, 0.05) is 12.1 Å². The van der Waals surface area contributed by atoms with Gasteiger partial charge in [-0.15, -0.1) is 0 Å². The molecule has 4 nitrogen and oxygen atoms in total. The normalized spacial score (nSPS) is 15.4. The summed E-state index contributed by atoms with van der Waals surface area (Å²) in [5.74, 6) is 0.716.